The Morgan fingerprint density at radius 3 is 2.60 bits per heavy atom. The number of rotatable bonds is 3. The fourth-order valence-corrected chi connectivity index (χ4v) is 1.67. The van der Waals surface area contributed by atoms with Crippen molar-refractivity contribution >= 4 is 27.5 Å². The van der Waals surface area contributed by atoms with Crippen LogP contribution >= 0.6 is 27.5 Å². The predicted octanol–water partition coefficient (Wildman–Crippen LogP) is 3.67. The lowest BCUT2D eigenvalue weighted by Crippen LogP contribution is -2.27. The van der Waals surface area contributed by atoms with E-state index < -0.39 is 0 Å². The van der Waals surface area contributed by atoms with E-state index in [0.717, 1.165) is 10.0 Å². The van der Waals surface area contributed by atoms with Gasteiger partial charge in [-0.25, -0.2) is 0 Å². The lowest BCUT2D eigenvalue weighted by molar-refractivity contribution is 0.546. The minimum absolute atomic E-state index is 0.261. The molecule has 1 atom stereocenters. The highest BCUT2D eigenvalue weighted by Gasteiger charge is 2.12. The van der Waals surface area contributed by atoms with E-state index in [1.807, 2.05) is 26.0 Å². The molecule has 1 rings (SSSR count). The van der Waals surface area contributed by atoms with Crippen molar-refractivity contribution in [1.29, 1.82) is 5.26 Å². The minimum atomic E-state index is -0.310. The van der Waals surface area contributed by atoms with E-state index in [0.29, 0.717) is 5.02 Å². The van der Waals surface area contributed by atoms with Gasteiger partial charge in [0.2, 0.25) is 0 Å². The van der Waals surface area contributed by atoms with Crippen LogP contribution in [0.4, 0.5) is 0 Å². The van der Waals surface area contributed by atoms with E-state index in [2.05, 4.69) is 27.3 Å². The third-order valence-corrected chi connectivity index (χ3v) is 3.14. The Kier molecular flexibility index (Phi) is 4.59. The van der Waals surface area contributed by atoms with Crippen molar-refractivity contribution in [1.82, 2.24) is 5.32 Å². The molecule has 1 aromatic rings. The van der Waals surface area contributed by atoms with Crippen LogP contribution in [0.3, 0.4) is 0 Å². The molecule has 1 aromatic carbocycles. The Bertz CT molecular complexity index is 385. The third kappa shape index (κ3) is 3.49. The van der Waals surface area contributed by atoms with Crippen LogP contribution in [0, 0.1) is 11.3 Å². The Morgan fingerprint density at radius 2 is 2.13 bits per heavy atom. The van der Waals surface area contributed by atoms with E-state index in [1.54, 1.807) is 6.07 Å². The predicted molar refractivity (Wildman–Crippen MR) is 65.8 cm³/mol. The molecule has 0 aromatic heterocycles. The van der Waals surface area contributed by atoms with Crippen molar-refractivity contribution in [2.45, 2.75) is 25.9 Å². The number of halogens is 2. The maximum Gasteiger partial charge on any atom is 0.121 e. The summed E-state index contributed by atoms with van der Waals surface area (Å²) in [4.78, 5) is 0. The summed E-state index contributed by atoms with van der Waals surface area (Å²) in [5.41, 5.74) is 0.888. The molecule has 0 saturated carbocycles. The van der Waals surface area contributed by atoms with Crippen LogP contribution in [0.1, 0.15) is 25.5 Å². The highest BCUT2D eigenvalue weighted by Crippen LogP contribution is 2.26. The van der Waals surface area contributed by atoms with Gasteiger partial charge in [0.25, 0.3) is 0 Å². The van der Waals surface area contributed by atoms with Gasteiger partial charge >= 0.3 is 0 Å². The standard InChI is InChI=1S/C11H12BrClN2/c1-7(2)15-11(6-14)8-3-4-9(12)10(13)5-8/h3-5,7,11,15H,1-2H3. The van der Waals surface area contributed by atoms with E-state index in [9.17, 15) is 0 Å². The zero-order valence-corrected chi connectivity index (χ0v) is 10.9. The first kappa shape index (κ1) is 12.5. The molecule has 0 fully saturated rings. The van der Waals surface area contributed by atoms with Gasteiger partial charge in [-0.05, 0) is 47.5 Å². The molecule has 4 heteroatoms. The largest absolute Gasteiger partial charge is 0.296 e. The van der Waals surface area contributed by atoms with E-state index in [-0.39, 0.29) is 12.1 Å². The van der Waals surface area contributed by atoms with Crippen molar-refractivity contribution in [3.8, 4) is 6.07 Å². The van der Waals surface area contributed by atoms with Gasteiger partial charge < -0.3 is 0 Å². The Balaban J connectivity index is 2.94. The van der Waals surface area contributed by atoms with Crippen molar-refractivity contribution in [2.75, 3.05) is 0 Å². The average molecular weight is 288 g/mol. The Morgan fingerprint density at radius 1 is 1.47 bits per heavy atom. The second kappa shape index (κ2) is 5.50. The quantitative estimate of drug-likeness (QED) is 0.921. The van der Waals surface area contributed by atoms with Crippen LogP contribution < -0.4 is 5.32 Å². The SMILES string of the molecule is CC(C)NC(C#N)c1ccc(Br)c(Cl)c1. The first-order valence-corrected chi connectivity index (χ1v) is 5.82. The van der Waals surface area contributed by atoms with Gasteiger partial charge in [0.1, 0.15) is 6.04 Å². The second-order valence-electron chi connectivity index (χ2n) is 3.56. The monoisotopic (exact) mass is 286 g/mol. The number of nitrogens with zero attached hydrogens (tertiary/aromatic N) is 1. The number of hydrogen-bond donors (Lipinski definition) is 1. The Labute approximate surface area is 103 Å². The highest BCUT2D eigenvalue weighted by molar-refractivity contribution is 9.10. The maximum absolute atomic E-state index is 9.02. The summed E-state index contributed by atoms with van der Waals surface area (Å²) in [6.07, 6.45) is 0. The molecule has 0 bridgehead atoms. The lowest BCUT2D eigenvalue weighted by atomic mass is 10.1. The van der Waals surface area contributed by atoms with Crippen molar-refractivity contribution in [3.05, 3.63) is 33.3 Å². The molecule has 0 radical (unpaired) electrons. The number of nitrogens with one attached hydrogen (secondary N) is 1. The summed E-state index contributed by atoms with van der Waals surface area (Å²) in [6, 6.07) is 7.70. The highest BCUT2D eigenvalue weighted by atomic mass is 79.9. The van der Waals surface area contributed by atoms with Crippen molar-refractivity contribution < 1.29 is 0 Å². The fourth-order valence-electron chi connectivity index (χ4n) is 1.23. The summed E-state index contributed by atoms with van der Waals surface area (Å²) in [5, 5.41) is 12.8. The second-order valence-corrected chi connectivity index (χ2v) is 4.82. The van der Waals surface area contributed by atoms with Gasteiger partial charge in [-0.3, -0.25) is 5.32 Å². The van der Waals surface area contributed by atoms with Gasteiger partial charge in [-0.1, -0.05) is 17.7 Å². The maximum atomic E-state index is 9.02. The van der Waals surface area contributed by atoms with Crippen LogP contribution in [-0.4, -0.2) is 6.04 Å². The van der Waals surface area contributed by atoms with Gasteiger partial charge in [0.15, 0.2) is 0 Å². The van der Waals surface area contributed by atoms with Gasteiger partial charge in [-0.15, -0.1) is 0 Å². The molecule has 0 heterocycles. The van der Waals surface area contributed by atoms with Crippen LogP contribution in [-0.2, 0) is 0 Å². The summed E-state index contributed by atoms with van der Waals surface area (Å²) in [7, 11) is 0. The van der Waals surface area contributed by atoms with Crippen LogP contribution in [0.15, 0.2) is 22.7 Å². The first-order chi connectivity index (χ1) is 7.04. The molecule has 2 nitrogen and oxygen atoms in total. The smallest absolute Gasteiger partial charge is 0.121 e. The molecule has 0 aliphatic carbocycles. The molecule has 0 aliphatic rings. The number of nitriles is 1. The van der Waals surface area contributed by atoms with E-state index >= 15 is 0 Å². The molecule has 15 heavy (non-hydrogen) atoms. The minimum Gasteiger partial charge on any atom is -0.296 e. The van der Waals surface area contributed by atoms with E-state index in [4.69, 9.17) is 16.9 Å². The normalized spacial score (nSPS) is 12.5. The Hall–Kier alpha value is -0.560. The summed E-state index contributed by atoms with van der Waals surface area (Å²) in [6.45, 7) is 4.01. The van der Waals surface area contributed by atoms with Gasteiger partial charge in [0, 0.05) is 10.5 Å². The number of hydrogen-bond acceptors (Lipinski definition) is 2. The molecule has 1 unspecified atom stereocenters. The van der Waals surface area contributed by atoms with Crippen molar-refractivity contribution in [3.63, 3.8) is 0 Å². The first-order valence-electron chi connectivity index (χ1n) is 4.65. The lowest BCUT2D eigenvalue weighted by Gasteiger charge is -2.15. The van der Waals surface area contributed by atoms with Crippen LogP contribution in [0.5, 0.6) is 0 Å². The molecule has 0 saturated heterocycles. The summed E-state index contributed by atoms with van der Waals surface area (Å²) < 4.78 is 0.842. The molecule has 0 spiro atoms. The van der Waals surface area contributed by atoms with Crippen LogP contribution in [0.25, 0.3) is 0 Å². The van der Waals surface area contributed by atoms with Crippen molar-refractivity contribution in [2.24, 2.45) is 0 Å². The van der Waals surface area contributed by atoms with Gasteiger partial charge in [-0.2, -0.15) is 5.26 Å². The average Bonchev–Trinajstić information content (AvgIpc) is 2.18. The molecular weight excluding hydrogens is 275 g/mol. The fraction of sp³-hybridized carbons (Fsp3) is 0.364. The van der Waals surface area contributed by atoms with E-state index in [1.165, 1.54) is 0 Å². The third-order valence-electron chi connectivity index (χ3n) is 1.91. The molecule has 0 amide bonds. The van der Waals surface area contributed by atoms with Crippen LogP contribution in [0.2, 0.25) is 5.02 Å². The zero-order chi connectivity index (χ0) is 11.4. The molecule has 1 N–H and O–H groups in total. The van der Waals surface area contributed by atoms with Gasteiger partial charge in [0.05, 0.1) is 11.1 Å². The topological polar surface area (TPSA) is 35.8 Å². The molecule has 0 aliphatic heterocycles. The summed E-state index contributed by atoms with van der Waals surface area (Å²) in [5.74, 6) is 0. The molecular formula is C11H12BrClN2. The molecule has 80 valence electrons. The zero-order valence-electron chi connectivity index (χ0n) is 8.59. The number of benzene rings is 1. The summed E-state index contributed by atoms with van der Waals surface area (Å²) >= 11 is 9.28.